The molecule has 1 saturated carbocycles. The summed E-state index contributed by atoms with van der Waals surface area (Å²) < 4.78 is 17.9. The molecule has 1 unspecified atom stereocenters. The molecule has 23 heavy (non-hydrogen) atoms. The van der Waals surface area contributed by atoms with E-state index in [2.05, 4.69) is 0 Å². The van der Waals surface area contributed by atoms with Crippen LogP contribution >= 0.6 is 0 Å². The number of carbonyl (C=O) groups excluding carboxylic acids is 3. The highest BCUT2D eigenvalue weighted by Crippen LogP contribution is 2.53. The number of hydrogen-bond acceptors (Lipinski definition) is 5. The minimum Gasteiger partial charge on any atom is -0.468 e. The average Bonchev–Trinajstić information content (AvgIpc) is 3.21. The highest BCUT2D eigenvalue weighted by molar-refractivity contribution is 6.01. The molecule has 5 heteroatoms. The van der Waals surface area contributed by atoms with Crippen LogP contribution in [0.25, 0.3) is 0 Å². The smallest absolute Gasteiger partial charge is 0.323 e. The lowest BCUT2D eigenvalue weighted by Crippen LogP contribution is -2.40. The quantitative estimate of drug-likeness (QED) is 0.444. The van der Waals surface area contributed by atoms with E-state index in [-0.39, 0.29) is 17.6 Å². The molecule has 1 fully saturated rings. The van der Waals surface area contributed by atoms with E-state index in [1.165, 1.54) is 14.2 Å². The molecule has 0 aliphatic heterocycles. The van der Waals surface area contributed by atoms with Crippen molar-refractivity contribution in [2.75, 3.05) is 14.2 Å². The molecule has 3 aliphatic carbocycles. The van der Waals surface area contributed by atoms with Gasteiger partial charge in [-0.25, -0.2) is 0 Å². The van der Waals surface area contributed by atoms with Gasteiger partial charge in [0.1, 0.15) is 5.78 Å². The molecule has 0 N–H and O–H groups in total. The normalized spacial score (nSPS) is 33.2. The zero-order valence-corrected chi connectivity index (χ0v) is 13.7. The van der Waals surface area contributed by atoms with Crippen molar-refractivity contribution in [1.29, 1.82) is 0 Å². The summed E-state index contributed by atoms with van der Waals surface area (Å²) in [5.74, 6) is -1.17. The summed E-state index contributed by atoms with van der Waals surface area (Å²) in [5, 5.41) is 0. The summed E-state index contributed by atoms with van der Waals surface area (Å²) in [6.07, 6.45) is 3.59. The lowest BCUT2D eigenvalue weighted by molar-refractivity contribution is -0.168. The predicted molar refractivity (Wildman–Crippen MR) is 82.4 cm³/mol. The van der Waals surface area contributed by atoms with Gasteiger partial charge >= 0.3 is 11.9 Å². The topological polar surface area (TPSA) is 69.7 Å². The Bertz CT molecular complexity index is 593. The Morgan fingerprint density at radius 1 is 1.09 bits per heavy atom. The minimum absolute atomic E-state index is 0.0256. The second-order valence-electron chi connectivity index (χ2n) is 6.84. The molecule has 0 aromatic heterocycles. The molecule has 3 rings (SSSR count). The second kappa shape index (κ2) is 6.10. The number of ketones is 1. The Kier molecular flexibility index (Phi) is 3.95. The monoisotopic (exact) mass is 321 g/mol. The van der Waals surface area contributed by atoms with Crippen LogP contribution in [0.4, 0.5) is 0 Å². The van der Waals surface area contributed by atoms with Gasteiger partial charge in [-0.15, -0.1) is 0 Å². The number of Topliss-reactive ketones (excluding diaryl/α,β-unsaturated/α-hetero) is 1. The third kappa shape index (κ3) is 2.50. The van der Waals surface area contributed by atoms with Crippen molar-refractivity contribution in [3.8, 4) is 0 Å². The predicted octanol–water partition coefficient (Wildman–Crippen LogP) is 2.58. The van der Waals surface area contributed by atoms with Gasteiger partial charge in [-0.05, 0) is 44.4 Å². The van der Waals surface area contributed by atoms with Gasteiger partial charge in [-0.2, -0.15) is 0 Å². The van der Waals surface area contributed by atoms with E-state index < -0.39 is 23.8 Å². The van der Waals surface area contributed by atoms with Crippen molar-refractivity contribution in [2.45, 2.75) is 51.3 Å². The van der Waals surface area contributed by atoms with Gasteiger partial charge in [0.05, 0.1) is 14.2 Å². The van der Waals surface area contributed by atoms with Crippen LogP contribution in [0, 0.1) is 17.3 Å². The Morgan fingerprint density at radius 3 is 2.39 bits per heavy atom. The van der Waals surface area contributed by atoms with Crippen molar-refractivity contribution in [2.24, 2.45) is 17.3 Å². The number of allylic oxidation sites excluding steroid dienone is 2. The van der Waals surface area contributed by atoms with Crippen LogP contribution in [0.1, 0.15) is 52.7 Å². The van der Waals surface area contributed by atoms with Crippen LogP contribution < -0.4 is 0 Å². The van der Waals surface area contributed by atoms with E-state index >= 15 is 0 Å². The number of fused-ring (bicyclic) bond motifs is 2. The van der Waals surface area contributed by atoms with Gasteiger partial charge in [0, 0.05) is 13.7 Å². The molecule has 0 heterocycles. The lowest BCUT2D eigenvalue weighted by atomic mass is 9.78. The van der Waals surface area contributed by atoms with Crippen molar-refractivity contribution < 1.29 is 25.2 Å². The number of carbonyl (C=O) groups is 3. The third-order valence-electron chi connectivity index (χ3n) is 5.73. The Balaban J connectivity index is 1.99. The minimum atomic E-state index is -1.31. The van der Waals surface area contributed by atoms with Crippen LogP contribution in [0.5, 0.6) is 0 Å². The maximum atomic E-state index is 12.5. The zero-order chi connectivity index (χ0) is 17.5. The second-order valence-corrected chi connectivity index (χ2v) is 6.84. The van der Waals surface area contributed by atoms with Gasteiger partial charge in [0.2, 0.25) is 0 Å². The fourth-order valence-corrected chi connectivity index (χ4v) is 4.65. The molecule has 0 bridgehead atoms. The maximum Gasteiger partial charge on any atom is 0.323 e. The molecule has 5 nitrogen and oxygen atoms in total. The summed E-state index contributed by atoms with van der Waals surface area (Å²) in [4.78, 5) is 37.4. The van der Waals surface area contributed by atoms with Crippen molar-refractivity contribution in [3.63, 3.8) is 0 Å². The highest BCUT2D eigenvalue weighted by atomic mass is 16.5. The molecule has 0 spiro atoms. The van der Waals surface area contributed by atoms with Crippen LogP contribution in [0.15, 0.2) is 11.1 Å². The SMILES string of the molecule is [2H]C1CCC2=C(CC(C(=O)OC)(C(=O)OC)C2)[C@@H]2CCC[C@H]2C1=O. The fourth-order valence-electron chi connectivity index (χ4n) is 4.65. The van der Waals surface area contributed by atoms with Gasteiger partial charge in [0.25, 0.3) is 0 Å². The van der Waals surface area contributed by atoms with E-state index in [9.17, 15) is 14.4 Å². The molecule has 0 radical (unpaired) electrons. The zero-order valence-electron chi connectivity index (χ0n) is 14.7. The Labute approximate surface area is 137 Å². The molecule has 3 aliphatic rings. The first kappa shape index (κ1) is 14.9. The molecule has 3 atom stereocenters. The average molecular weight is 321 g/mol. The summed E-state index contributed by atoms with van der Waals surface area (Å²) in [6.45, 7) is 0. The third-order valence-corrected chi connectivity index (χ3v) is 5.73. The van der Waals surface area contributed by atoms with E-state index in [0.717, 1.165) is 30.4 Å². The first-order chi connectivity index (χ1) is 11.4. The Morgan fingerprint density at radius 2 is 1.74 bits per heavy atom. The van der Waals surface area contributed by atoms with Crippen LogP contribution in [-0.2, 0) is 23.9 Å². The number of methoxy groups -OCH3 is 2. The largest absolute Gasteiger partial charge is 0.468 e. The summed E-state index contributed by atoms with van der Waals surface area (Å²) in [6, 6.07) is 0. The number of rotatable bonds is 2. The number of esters is 2. The number of hydrogen-bond donors (Lipinski definition) is 0. The Hall–Kier alpha value is -1.65. The fraction of sp³-hybridized carbons (Fsp3) is 0.722. The molecule has 0 amide bonds. The van der Waals surface area contributed by atoms with Gasteiger partial charge < -0.3 is 9.47 Å². The van der Waals surface area contributed by atoms with E-state index in [1.54, 1.807) is 0 Å². The van der Waals surface area contributed by atoms with Crippen molar-refractivity contribution >= 4 is 17.7 Å². The van der Waals surface area contributed by atoms with Crippen molar-refractivity contribution in [3.05, 3.63) is 11.1 Å². The number of ether oxygens (including phenoxy) is 2. The van der Waals surface area contributed by atoms with Gasteiger partial charge in [0.15, 0.2) is 5.41 Å². The van der Waals surface area contributed by atoms with Gasteiger partial charge in [-0.3, -0.25) is 14.4 Å². The lowest BCUT2D eigenvalue weighted by Gasteiger charge is -2.26. The summed E-state index contributed by atoms with van der Waals surface area (Å²) in [7, 11) is 2.56. The summed E-state index contributed by atoms with van der Waals surface area (Å²) >= 11 is 0. The molecular formula is C18H24O5. The van der Waals surface area contributed by atoms with E-state index in [0.29, 0.717) is 25.7 Å². The van der Waals surface area contributed by atoms with Crippen LogP contribution in [-0.4, -0.2) is 31.9 Å². The molecule has 0 aromatic rings. The van der Waals surface area contributed by atoms with E-state index in [1.807, 2.05) is 0 Å². The molecule has 126 valence electrons. The highest BCUT2D eigenvalue weighted by Gasteiger charge is 2.55. The van der Waals surface area contributed by atoms with E-state index in [4.69, 9.17) is 10.8 Å². The summed E-state index contributed by atoms with van der Waals surface area (Å²) in [5.41, 5.74) is 0.827. The van der Waals surface area contributed by atoms with Gasteiger partial charge in [-0.1, -0.05) is 17.6 Å². The molecular weight excluding hydrogens is 296 g/mol. The maximum absolute atomic E-state index is 12.5. The first-order valence-corrected chi connectivity index (χ1v) is 8.28. The molecule has 0 saturated heterocycles. The van der Waals surface area contributed by atoms with Crippen molar-refractivity contribution in [1.82, 2.24) is 0 Å². The molecule has 0 aromatic carbocycles. The van der Waals surface area contributed by atoms with Crippen LogP contribution in [0.2, 0.25) is 0 Å². The first-order valence-electron chi connectivity index (χ1n) is 8.86. The van der Waals surface area contributed by atoms with Crippen LogP contribution in [0.3, 0.4) is 0 Å². The standard InChI is InChI=1S/C18H24O5/c1-22-16(20)18(17(21)23-2)9-11-5-3-8-15(19)13-7-4-6-12(13)14(11)10-18/h12-13H,3-10H2,1-2H3/t12-,13-/m1/s1/i8D/t8?,12-,13-.